The van der Waals surface area contributed by atoms with Crippen LogP contribution in [0.2, 0.25) is 0 Å². The minimum atomic E-state index is -4.82. The normalized spacial score (nSPS) is 18.1. The molecule has 1 fully saturated rings. The molecule has 10 heteroatoms. The van der Waals surface area contributed by atoms with Crippen LogP contribution in [-0.4, -0.2) is 38.4 Å². The number of nitrogens with one attached hydrogen (secondary N) is 2. The number of nitrogens with zero attached hydrogens (tertiary/aromatic N) is 1. The summed E-state index contributed by atoms with van der Waals surface area (Å²) in [6.45, 7) is 0.599. The molecule has 1 atom stereocenters. The van der Waals surface area contributed by atoms with Gasteiger partial charge in [-0.15, -0.1) is 13.2 Å². The lowest BCUT2D eigenvalue weighted by Crippen LogP contribution is -2.34. The molecule has 0 aromatic heterocycles. The topological polar surface area (TPSA) is 79.9 Å². The Labute approximate surface area is 193 Å². The van der Waals surface area contributed by atoms with Crippen LogP contribution in [0.5, 0.6) is 11.5 Å². The summed E-state index contributed by atoms with van der Waals surface area (Å²) in [5.74, 6) is -0.700. The zero-order valence-corrected chi connectivity index (χ0v) is 18.2. The van der Waals surface area contributed by atoms with E-state index in [-0.39, 0.29) is 30.5 Å². The average Bonchev–Trinajstić information content (AvgIpc) is 3.24. The molecule has 2 N–H and O–H groups in total. The highest BCUT2D eigenvalue weighted by molar-refractivity contribution is 5.91. The van der Waals surface area contributed by atoms with Crippen LogP contribution in [-0.2, 0) is 9.59 Å². The lowest BCUT2D eigenvalue weighted by atomic mass is 10.0. The number of amides is 2. The zero-order chi connectivity index (χ0) is 24.3. The number of halogens is 3. The highest BCUT2D eigenvalue weighted by Crippen LogP contribution is 2.34. The molecule has 0 bridgehead atoms. The van der Waals surface area contributed by atoms with Gasteiger partial charge in [-0.2, -0.15) is 0 Å². The number of methoxy groups -OCH3 is 1. The minimum Gasteiger partial charge on any atom is -0.497 e. The maximum atomic E-state index is 12.8. The molecule has 4 rings (SSSR count). The van der Waals surface area contributed by atoms with E-state index in [1.807, 2.05) is 11.0 Å². The van der Waals surface area contributed by atoms with Gasteiger partial charge in [0.05, 0.1) is 18.7 Å². The second-order valence-corrected chi connectivity index (χ2v) is 7.77. The Balaban J connectivity index is 1.66. The molecular formula is C24H22F3N3O4. The molecule has 178 valence electrons. The number of carbonyl (C=O) groups excluding carboxylic acids is 2. The number of benzene rings is 2. The van der Waals surface area contributed by atoms with Crippen LogP contribution in [0.1, 0.15) is 12.0 Å². The molecule has 0 saturated carbocycles. The molecular weight excluding hydrogens is 451 g/mol. The van der Waals surface area contributed by atoms with Crippen LogP contribution in [0.25, 0.3) is 5.70 Å². The van der Waals surface area contributed by atoms with Gasteiger partial charge in [-0.1, -0.05) is 18.2 Å². The van der Waals surface area contributed by atoms with Gasteiger partial charge in [-0.25, -0.2) is 0 Å². The van der Waals surface area contributed by atoms with E-state index in [0.29, 0.717) is 29.3 Å². The van der Waals surface area contributed by atoms with Crippen LogP contribution >= 0.6 is 0 Å². The minimum absolute atomic E-state index is 0.114. The van der Waals surface area contributed by atoms with E-state index in [0.717, 1.165) is 5.69 Å². The summed E-state index contributed by atoms with van der Waals surface area (Å²) >= 11 is 0. The number of ether oxygens (including phenoxy) is 2. The van der Waals surface area contributed by atoms with E-state index < -0.39 is 12.3 Å². The molecule has 2 amide bonds. The maximum Gasteiger partial charge on any atom is 0.573 e. The molecule has 1 unspecified atom stereocenters. The summed E-state index contributed by atoms with van der Waals surface area (Å²) in [7, 11) is 1.54. The SMILES string of the molecule is COc1cccc(N2CC=C(NC(=O)C3CNC(=O)C3)C=C2c2cccc(OC(F)(F)F)c2)c1. The third-order valence-electron chi connectivity index (χ3n) is 5.42. The van der Waals surface area contributed by atoms with Crippen molar-refractivity contribution in [3.05, 3.63) is 71.9 Å². The van der Waals surface area contributed by atoms with Crippen molar-refractivity contribution < 1.29 is 32.2 Å². The first-order valence-electron chi connectivity index (χ1n) is 10.5. The van der Waals surface area contributed by atoms with Gasteiger partial charge in [0.1, 0.15) is 11.5 Å². The lowest BCUT2D eigenvalue weighted by Gasteiger charge is -2.31. The molecule has 0 aliphatic carbocycles. The second kappa shape index (κ2) is 9.50. The van der Waals surface area contributed by atoms with Gasteiger partial charge in [0.2, 0.25) is 11.8 Å². The third kappa shape index (κ3) is 5.51. The molecule has 34 heavy (non-hydrogen) atoms. The number of allylic oxidation sites excluding steroid dienone is 1. The van der Waals surface area contributed by atoms with Crippen molar-refractivity contribution in [3.63, 3.8) is 0 Å². The van der Waals surface area contributed by atoms with Gasteiger partial charge in [-0.05, 0) is 36.4 Å². The van der Waals surface area contributed by atoms with E-state index in [1.54, 1.807) is 43.5 Å². The monoisotopic (exact) mass is 473 g/mol. The molecule has 7 nitrogen and oxygen atoms in total. The van der Waals surface area contributed by atoms with E-state index in [4.69, 9.17) is 4.74 Å². The smallest absolute Gasteiger partial charge is 0.497 e. The van der Waals surface area contributed by atoms with Crippen molar-refractivity contribution in [2.45, 2.75) is 12.8 Å². The van der Waals surface area contributed by atoms with Gasteiger partial charge < -0.3 is 25.0 Å². The van der Waals surface area contributed by atoms with Crippen molar-refractivity contribution in [2.24, 2.45) is 5.92 Å². The fourth-order valence-electron chi connectivity index (χ4n) is 3.81. The first-order chi connectivity index (χ1) is 16.2. The number of hydrogen-bond acceptors (Lipinski definition) is 5. The summed E-state index contributed by atoms with van der Waals surface area (Å²) < 4.78 is 47.7. The summed E-state index contributed by atoms with van der Waals surface area (Å²) in [4.78, 5) is 25.9. The first-order valence-corrected chi connectivity index (χ1v) is 10.5. The predicted molar refractivity (Wildman–Crippen MR) is 119 cm³/mol. The van der Waals surface area contributed by atoms with Gasteiger partial charge in [0.25, 0.3) is 0 Å². The fraction of sp³-hybridized carbons (Fsp3) is 0.250. The number of rotatable bonds is 6. The van der Waals surface area contributed by atoms with Crippen LogP contribution in [0.3, 0.4) is 0 Å². The Morgan fingerprint density at radius 1 is 1.15 bits per heavy atom. The predicted octanol–water partition coefficient (Wildman–Crippen LogP) is 3.59. The van der Waals surface area contributed by atoms with Gasteiger partial charge in [0, 0.05) is 42.5 Å². The highest BCUT2D eigenvalue weighted by Gasteiger charge is 2.32. The average molecular weight is 473 g/mol. The molecule has 2 aromatic rings. The third-order valence-corrected chi connectivity index (χ3v) is 5.42. The van der Waals surface area contributed by atoms with Crippen molar-refractivity contribution in [1.82, 2.24) is 10.6 Å². The number of anilines is 1. The Hall–Kier alpha value is -3.95. The summed E-state index contributed by atoms with van der Waals surface area (Å²) in [5.41, 5.74) is 2.25. The van der Waals surface area contributed by atoms with Crippen molar-refractivity contribution in [1.29, 1.82) is 0 Å². The van der Waals surface area contributed by atoms with Gasteiger partial charge >= 0.3 is 6.36 Å². The maximum absolute atomic E-state index is 12.8. The molecule has 2 aromatic carbocycles. The largest absolute Gasteiger partial charge is 0.573 e. The molecule has 0 radical (unpaired) electrons. The molecule has 2 aliphatic rings. The Bertz CT molecular complexity index is 1160. The van der Waals surface area contributed by atoms with Crippen LogP contribution in [0.15, 0.2) is 66.4 Å². The second-order valence-electron chi connectivity index (χ2n) is 7.77. The first kappa shape index (κ1) is 23.2. The molecule has 0 spiro atoms. The number of carbonyl (C=O) groups is 2. The standard InChI is InChI=1S/C24H22F3N3O4/c1-33-19-6-3-5-18(13-19)30-9-8-17(29-23(32)16-11-22(31)28-14-16)12-21(30)15-4-2-7-20(10-15)34-24(25,26)27/h2-8,10,12-13,16H,9,11,14H2,1H3,(H,28,31)(H,29,32). The zero-order valence-electron chi connectivity index (χ0n) is 18.2. The van der Waals surface area contributed by atoms with Gasteiger partial charge in [-0.3, -0.25) is 9.59 Å². The van der Waals surface area contributed by atoms with Gasteiger partial charge in [0.15, 0.2) is 0 Å². The van der Waals surface area contributed by atoms with Crippen molar-refractivity contribution in [3.8, 4) is 11.5 Å². The lowest BCUT2D eigenvalue weighted by molar-refractivity contribution is -0.274. The summed E-state index contributed by atoms with van der Waals surface area (Å²) in [6.07, 6.45) is -1.24. The number of hydrogen-bond donors (Lipinski definition) is 2. The van der Waals surface area contributed by atoms with Crippen molar-refractivity contribution >= 4 is 23.2 Å². The van der Waals surface area contributed by atoms with E-state index in [9.17, 15) is 22.8 Å². The van der Waals surface area contributed by atoms with E-state index in [1.165, 1.54) is 18.2 Å². The van der Waals surface area contributed by atoms with E-state index in [2.05, 4.69) is 15.4 Å². The molecule has 2 aliphatic heterocycles. The quantitative estimate of drug-likeness (QED) is 0.671. The molecule has 2 heterocycles. The Morgan fingerprint density at radius 2 is 1.91 bits per heavy atom. The van der Waals surface area contributed by atoms with Crippen LogP contribution in [0.4, 0.5) is 18.9 Å². The van der Waals surface area contributed by atoms with Crippen LogP contribution in [0, 0.1) is 5.92 Å². The van der Waals surface area contributed by atoms with Crippen molar-refractivity contribution in [2.75, 3.05) is 25.1 Å². The Kier molecular flexibility index (Phi) is 6.49. The van der Waals surface area contributed by atoms with E-state index >= 15 is 0 Å². The molecule has 1 saturated heterocycles. The number of alkyl halides is 3. The Morgan fingerprint density at radius 3 is 2.62 bits per heavy atom. The summed E-state index contributed by atoms with van der Waals surface area (Å²) in [5, 5.41) is 5.45. The highest BCUT2D eigenvalue weighted by atomic mass is 19.4. The summed E-state index contributed by atoms with van der Waals surface area (Å²) in [6, 6.07) is 12.9. The van der Waals surface area contributed by atoms with Crippen LogP contribution < -0.4 is 25.0 Å². The fourth-order valence-corrected chi connectivity index (χ4v) is 3.81.